The lowest BCUT2D eigenvalue weighted by molar-refractivity contribution is 0.0727. The minimum absolute atomic E-state index is 0.176. The first kappa shape index (κ1) is 22.2. The van der Waals surface area contributed by atoms with E-state index in [9.17, 15) is 4.39 Å². The molecule has 1 aliphatic carbocycles. The molecule has 0 atom stereocenters. The molecule has 180 valence electrons. The first-order chi connectivity index (χ1) is 17.1. The summed E-state index contributed by atoms with van der Waals surface area (Å²) >= 11 is 0. The Morgan fingerprint density at radius 2 is 2.09 bits per heavy atom. The number of anilines is 1. The van der Waals surface area contributed by atoms with Crippen LogP contribution in [0, 0.1) is 11.3 Å². The fourth-order valence-electron chi connectivity index (χ4n) is 5.75. The van der Waals surface area contributed by atoms with E-state index in [0.29, 0.717) is 12.3 Å². The summed E-state index contributed by atoms with van der Waals surface area (Å²) in [5.41, 5.74) is 17.0. The van der Waals surface area contributed by atoms with E-state index < -0.39 is 0 Å². The van der Waals surface area contributed by atoms with Crippen molar-refractivity contribution < 1.29 is 9.13 Å². The van der Waals surface area contributed by atoms with E-state index in [1.54, 1.807) is 0 Å². The number of nitrogen functional groups attached to an aromatic ring is 1. The molecule has 2 aromatic heterocycles. The molecule has 35 heavy (non-hydrogen) atoms. The molecule has 1 saturated heterocycles. The van der Waals surface area contributed by atoms with Crippen molar-refractivity contribution >= 4 is 23.1 Å². The quantitative estimate of drug-likeness (QED) is 0.412. The van der Waals surface area contributed by atoms with Gasteiger partial charge in [-0.2, -0.15) is 0 Å². The van der Waals surface area contributed by atoms with Crippen molar-refractivity contribution in [3.05, 3.63) is 81.8 Å². The molecule has 0 saturated carbocycles. The van der Waals surface area contributed by atoms with Gasteiger partial charge in [-0.05, 0) is 70.9 Å². The Kier molecular flexibility index (Phi) is 5.74. The third-order valence-corrected chi connectivity index (χ3v) is 7.52. The highest BCUT2D eigenvalue weighted by atomic mass is 19.1. The number of imidazole rings is 1. The molecule has 0 radical (unpaired) electrons. The van der Waals surface area contributed by atoms with Crippen LogP contribution in [0.4, 0.5) is 10.1 Å². The summed E-state index contributed by atoms with van der Waals surface area (Å²) in [4.78, 5) is 7.14. The minimum atomic E-state index is -0.238. The second-order valence-electron chi connectivity index (χ2n) is 9.77. The van der Waals surface area contributed by atoms with Gasteiger partial charge in [-0.1, -0.05) is 12.1 Å². The molecule has 3 N–H and O–H groups in total. The number of nitrogens with one attached hydrogen (secondary N) is 1. The molecule has 7 heteroatoms. The van der Waals surface area contributed by atoms with Crippen LogP contribution in [0.25, 0.3) is 11.2 Å². The summed E-state index contributed by atoms with van der Waals surface area (Å²) in [6.07, 6.45) is 10.4. The van der Waals surface area contributed by atoms with Gasteiger partial charge in [0.05, 0.1) is 25.6 Å². The van der Waals surface area contributed by atoms with Crippen LogP contribution in [0.2, 0.25) is 0 Å². The normalized spacial score (nSPS) is 18.9. The van der Waals surface area contributed by atoms with Crippen LogP contribution in [-0.4, -0.2) is 53.5 Å². The third-order valence-electron chi connectivity index (χ3n) is 7.52. The number of ether oxygens (including phenoxy) is 1. The van der Waals surface area contributed by atoms with Crippen molar-refractivity contribution in [1.29, 1.82) is 5.41 Å². The van der Waals surface area contributed by atoms with Gasteiger partial charge in [-0.3, -0.25) is 9.29 Å². The molecule has 0 bridgehead atoms. The van der Waals surface area contributed by atoms with Crippen molar-refractivity contribution in [2.24, 2.45) is 5.92 Å². The Morgan fingerprint density at radius 3 is 2.86 bits per heavy atom. The highest BCUT2D eigenvalue weighted by Gasteiger charge is 2.28. The summed E-state index contributed by atoms with van der Waals surface area (Å²) in [7, 11) is 0. The van der Waals surface area contributed by atoms with Crippen LogP contribution < -0.4 is 5.73 Å². The average Bonchev–Trinajstić information content (AvgIpc) is 3.27. The van der Waals surface area contributed by atoms with Crippen LogP contribution in [-0.2, 0) is 17.7 Å². The molecule has 6 nitrogen and oxygen atoms in total. The van der Waals surface area contributed by atoms with E-state index in [2.05, 4.69) is 46.0 Å². The maximum atomic E-state index is 12.8. The first-order valence-corrected chi connectivity index (χ1v) is 12.3. The van der Waals surface area contributed by atoms with Crippen LogP contribution in [0.5, 0.6) is 0 Å². The second-order valence-corrected chi connectivity index (χ2v) is 9.77. The number of alkyl halides is 1. The lowest BCUT2D eigenvalue weighted by Gasteiger charge is -2.37. The van der Waals surface area contributed by atoms with Crippen LogP contribution in [0.1, 0.15) is 40.8 Å². The Balaban J connectivity index is 1.43. The minimum Gasteiger partial charge on any atom is -0.398 e. The number of hydrogen-bond donors (Lipinski definition) is 2. The summed E-state index contributed by atoms with van der Waals surface area (Å²) < 4.78 is 20.5. The SMILES string of the molecule is N=Cc1c(N)ccc2c1CCC(C1=CCOCC1)=C2c1ccn2cc(CN3CC(CF)C3)nc2c1. The van der Waals surface area contributed by atoms with E-state index >= 15 is 0 Å². The van der Waals surface area contributed by atoms with Gasteiger partial charge in [0.25, 0.3) is 0 Å². The van der Waals surface area contributed by atoms with Crippen molar-refractivity contribution in [3.63, 3.8) is 0 Å². The van der Waals surface area contributed by atoms with Gasteiger partial charge >= 0.3 is 0 Å². The number of allylic oxidation sites excluding steroid dienone is 1. The van der Waals surface area contributed by atoms with Gasteiger partial charge in [-0.15, -0.1) is 0 Å². The molecule has 6 rings (SSSR count). The zero-order chi connectivity index (χ0) is 23.9. The van der Waals surface area contributed by atoms with Crippen molar-refractivity contribution in [2.45, 2.75) is 25.8 Å². The Bertz CT molecular complexity index is 1370. The van der Waals surface area contributed by atoms with Crippen molar-refractivity contribution in [2.75, 3.05) is 38.7 Å². The molecular weight excluding hydrogens is 441 g/mol. The van der Waals surface area contributed by atoms with Gasteiger partial charge in [0.15, 0.2) is 0 Å². The maximum Gasteiger partial charge on any atom is 0.137 e. The number of fused-ring (bicyclic) bond motifs is 2. The maximum absolute atomic E-state index is 12.8. The smallest absolute Gasteiger partial charge is 0.137 e. The Hall–Kier alpha value is -3.29. The number of likely N-dealkylation sites (tertiary alicyclic amines) is 1. The summed E-state index contributed by atoms with van der Waals surface area (Å²) in [6, 6.07) is 8.35. The van der Waals surface area contributed by atoms with E-state index in [-0.39, 0.29) is 12.6 Å². The molecule has 2 aliphatic heterocycles. The number of hydrogen-bond acceptors (Lipinski definition) is 5. The number of halogens is 1. The van der Waals surface area contributed by atoms with Gasteiger partial charge < -0.3 is 20.3 Å². The molecule has 0 amide bonds. The van der Waals surface area contributed by atoms with Gasteiger partial charge in [-0.25, -0.2) is 4.98 Å². The molecule has 3 aromatic rings. The monoisotopic (exact) mass is 471 g/mol. The zero-order valence-electron chi connectivity index (χ0n) is 19.8. The average molecular weight is 472 g/mol. The first-order valence-electron chi connectivity index (χ1n) is 12.3. The summed E-state index contributed by atoms with van der Waals surface area (Å²) in [5.74, 6) is 0.176. The third kappa shape index (κ3) is 3.98. The van der Waals surface area contributed by atoms with Crippen LogP contribution in [0.3, 0.4) is 0 Å². The van der Waals surface area contributed by atoms with Gasteiger partial charge in [0.2, 0.25) is 0 Å². The number of rotatable bonds is 6. The van der Waals surface area contributed by atoms with Crippen molar-refractivity contribution in [1.82, 2.24) is 14.3 Å². The molecule has 0 spiro atoms. The van der Waals surface area contributed by atoms with E-state index in [1.807, 2.05) is 6.07 Å². The molecule has 0 unspecified atom stereocenters. The highest BCUT2D eigenvalue weighted by Crippen LogP contribution is 2.42. The molecule has 4 heterocycles. The Morgan fingerprint density at radius 1 is 1.20 bits per heavy atom. The zero-order valence-corrected chi connectivity index (χ0v) is 19.8. The Labute approximate surface area is 204 Å². The van der Waals surface area contributed by atoms with E-state index in [1.165, 1.54) is 22.9 Å². The molecule has 1 aromatic carbocycles. The lowest BCUT2D eigenvalue weighted by Crippen LogP contribution is -2.46. The second kappa shape index (κ2) is 9.06. The largest absolute Gasteiger partial charge is 0.398 e. The molecule has 3 aliphatic rings. The standard InChI is InChI=1S/C28H30FN5O/c29-12-18-14-33(15-18)16-21-17-34-8-5-20(11-27(34)32-21)28-22(19-6-9-35-10-7-19)1-2-23-24(28)3-4-26(31)25(23)13-30/h3-6,8,11,13,17-18,30H,1-2,7,9-10,12,14-16,31H2. The number of nitrogens with two attached hydrogens (primary N) is 1. The summed E-state index contributed by atoms with van der Waals surface area (Å²) in [6.45, 7) is 3.51. The predicted molar refractivity (Wildman–Crippen MR) is 137 cm³/mol. The number of aromatic nitrogens is 2. The van der Waals surface area contributed by atoms with E-state index in [0.717, 1.165) is 79.1 Å². The van der Waals surface area contributed by atoms with Crippen molar-refractivity contribution in [3.8, 4) is 0 Å². The fourth-order valence-corrected chi connectivity index (χ4v) is 5.75. The number of benzene rings is 1. The van der Waals surface area contributed by atoms with Gasteiger partial charge in [0.1, 0.15) is 5.65 Å². The molecule has 1 fully saturated rings. The van der Waals surface area contributed by atoms with E-state index in [4.69, 9.17) is 20.9 Å². The summed E-state index contributed by atoms with van der Waals surface area (Å²) in [5, 5.41) is 7.97. The molecular formula is C28H30FN5O. The lowest BCUT2D eigenvalue weighted by atomic mass is 9.77. The fraction of sp³-hybridized carbons (Fsp3) is 0.357. The topological polar surface area (TPSA) is 79.6 Å². The highest BCUT2D eigenvalue weighted by molar-refractivity contribution is 5.95. The number of nitrogens with zero attached hydrogens (tertiary/aromatic N) is 3. The van der Waals surface area contributed by atoms with Crippen LogP contribution >= 0.6 is 0 Å². The number of pyridine rings is 1. The van der Waals surface area contributed by atoms with Crippen LogP contribution in [0.15, 0.2) is 53.9 Å². The predicted octanol–water partition coefficient (Wildman–Crippen LogP) is 4.41. The van der Waals surface area contributed by atoms with Gasteiger partial charge in [0, 0.05) is 55.4 Å².